The van der Waals surface area contributed by atoms with E-state index in [9.17, 15) is 0 Å². The summed E-state index contributed by atoms with van der Waals surface area (Å²) in [5.74, 6) is 0.863. The first kappa shape index (κ1) is 15.6. The first-order valence-electron chi connectivity index (χ1n) is 6.87. The van der Waals surface area contributed by atoms with E-state index in [4.69, 9.17) is 27.7 Å². The molecule has 2 rings (SSSR count). The molecule has 6 heteroatoms. The molecule has 1 aromatic heterocycles. The van der Waals surface area contributed by atoms with Crippen LogP contribution < -0.4 is 10.6 Å². The molecule has 1 aromatic carbocycles. The lowest BCUT2D eigenvalue weighted by atomic mass is 10.2. The molecule has 0 atom stereocenters. The average molecular weight is 304 g/mol. The van der Waals surface area contributed by atoms with E-state index in [2.05, 4.69) is 9.88 Å². The molecule has 0 bridgehead atoms. The number of hydrogen-bond donors (Lipinski definition) is 1. The van der Waals surface area contributed by atoms with Gasteiger partial charge in [0.15, 0.2) is 5.82 Å². The Bertz CT molecular complexity index is 632. The maximum Gasteiger partial charge on any atom is 0.150 e. The number of anilines is 1. The van der Waals surface area contributed by atoms with Crippen molar-refractivity contribution in [2.75, 3.05) is 31.7 Å². The summed E-state index contributed by atoms with van der Waals surface area (Å²) < 4.78 is 5.17. The summed E-state index contributed by atoms with van der Waals surface area (Å²) >= 11 is 4.97. The fraction of sp³-hybridized carbons (Fsp3) is 0.400. The third kappa shape index (κ3) is 4.09. The van der Waals surface area contributed by atoms with E-state index in [1.165, 1.54) is 0 Å². The van der Waals surface area contributed by atoms with Gasteiger partial charge in [0.25, 0.3) is 0 Å². The fourth-order valence-electron chi connectivity index (χ4n) is 2.15. The Balaban J connectivity index is 2.32. The summed E-state index contributed by atoms with van der Waals surface area (Å²) in [4.78, 5) is 12.0. The third-order valence-corrected chi connectivity index (χ3v) is 3.42. The van der Waals surface area contributed by atoms with Gasteiger partial charge in [-0.3, -0.25) is 0 Å². The van der Waals surface area contributed by atoms with E-state index in [0.29, 0.717) is 24.6 Å². The summed E-state index contributed by atoms with van der Waals surface area (Å²) in [6.45, 7) is 4.03. The number of aromatic nitrogens is 2. The molecule has 21 heavy (non-hydrogen) atoms. The van der Waals surface area contributed by atoms with Gasteiger partial charge in [-0.05, 0) is 19.1 Å². The van der Waals surface area contributed by atoms with Gasteiger partial charge in [0.1, 0.15) is 0 Å². The molecule has 0 saturated carbocycles. The van der Waals surface area contributed by atoms with Crippen LogP contribution in [0.3, 0.4) is 0 Å². The van der Waals surface area contributed by atoms with Crippen LogP contribution in [0.15, 0.2) is 24.3 Å². The van der Waals surface area contributed by atoms with Crippen molar-refractivity contribution in [1.82, 2.24) is 9.97 Å². The topological polar surface area (TPSA) is 64.3 Å². The quantitative estimate of drug-likeness (QED) is 0.790. The third-order valence-electron chi connectivity index (χ3n) is 3.21. The molecule has 0 amide bonds. The number of benzene rings is 1. The first-order chi connectivity index (χ1) is 10.1. The van der Waals surface area contributed by atoms with Crippen molar-refractivity contribution in [3.63, 3.8) is 0 Å². The lowest BCUT2D eigenvalue weighted by Crippen LogP contribution is -2.32. The van der Waals surface area contributed by atoms with Gasteiger partial charge in [-0.25, -0.2) is 9.97 Å². The summed E-state index contributed by atoms with van der Waals surface area (Å²) in [5, 5.41) is 0. The van der Waals surface area contributed by atoms with Crippen LogP contribution >= 0.6 is 12.2 Å². The Hall–Kier alpha value is -1.79. The van der Waals surface area contributed by atoms with Crippen molar-refractivity contribution in [3.8, 4) is 0 Å². The summed E-state index contributed by atoms with van der Waals surface area (Å²) in [6.07, 6.45) is 0.646. The van der Waals surface area contributed by atoms with Gasteiger partial charge in [0.05, 0.1) is 28.3 Å². The Labute approximate surface area is 130 Å². The van der Waals surface area contributed by atoms with E-state index in [1.54, 1.807) is 7.11 Å². The highest BCUT2D eigenvalue weighted by Crippen LogP contribution is 2.20. The van der Waals surface area contributed by atoms with Crippen LogP contribution in [0.5, 0.6) is 0 Å². The molecule has 112 valence electrons. The molecule has 0 aliphatic heterocycles. The molecule has 0 unspecified atom stereocenters. The van der Waals surface area contributed by atoms with Crippen molar-refractivity contribution in [2.24, 2.45) is 5.73 Å². The van der Waals surface area contributed by atoms with Crippen molar-refractivity contribution >= 4 is 34.1 Å². The van der Waals surface area contributed by atoms with Crippen LogP contribution in [0.4, 0.5) is 5.82 Å². The lowest BCUT2D eigenvalue weighted by molar-refractivity contribution is 0.205. The summed E-state index contributed by atoms with van der Waals surface area (Å²) in [5.41, 5.74) is 8.30. The second-order valence-corrected chi connectivity index (χ2v) is 5.34. The number of rotatable bonds is 7. The number of ether oxygens (including phenoxy) is 1. The normalized spacial score (nSPS) is 10.8. The number of nitrogens with zero attached hydrogens (tertiary/aromatic N) is 3. The van der Waals surface area contributed by atoms with E-state index >= 15 is 0 Å². The summed E-state index contributed by atoms with van der Waals surface area (Å²) in [6, 6.07) is 7.86. The first-order valence-corrected chi connectivity index (χ1v) is 7.28. The fourth-order valence-corrected chi connectivity index (χ4v) is 2.24. The zero-order valence-corrected chi connectivity index (χ0v) is 13.2. The maximum absolute atomic E-state index is 5.61. The lowest BCUT2D eigenvalue weighted by Gasteiger charge is -2.24. The van der Waals surface area contributed by atoms with Gasteiger partial charge >= 0.3 is 0 Å². The van der Waals surface area contributed by atoms with Crippen molar-refractivity contribution in [1.29, 1.82) is 0 Å². The highest BCUT2D eigenvalue weighted by atomic mass is 32.1. The molecule has 2 aromatic rings. The number of hydrogen-bond acceptors (Lipinski definition) is 5. The molecule has 0 aliphatic carbocycles. The SMILES string of the molecule is COCCN(CCC(N)=S)c1nc2ccccc2nc1C. The van der Waals surface area contributed by atoms with Gasteiger partial charge in [-0.15, -0.1) is 0 Å². The molecule has 1 heterocycles. The minimum absolute atomic E-state index is 0.504. The molecular formula is C15H20N4OS. The van der Waals surface area contributed by atoms with Gasteiger partial charge in [0.2, 0.25) is 0 Å². The van der Waals surface area contributed by atoms with Crippen molar-refractivity contribution in [3.05, 3.63) is 30.0 Å². The van der Waals surface area contributed by atoms with E-state index in [-0.39, 0.29) is 0 Å². The second-order valence-electron chi connectivity index (χ2n) is 4.82. The average Bonchev–Trinajstić information content (AvgIpc) is 2.47. The van der Waals surface area contributed by atoms with Gasteiger partial charge < -0.3 is 15.4 Å². The highest BCUT2D eigenvalue weighted by Gasteiger charge is 2.13. The number of nitrogens with two attached hydrogens (primary N) is 1. The van der Waals surface area contributed by atoms with Crippen LogP contribution in [0.25, 0.3) is 11.0 Å². The monoisotopic (exact) mass is 304 g/mol. The number of aryl methyl sites for hydroxylation is 1. The number of para-hydroxylation sites is 2. The van der Waals surface area contributed by atoms with Crippen LogP contribution in [-0.4, -0.2) is 41.8 Å². The molecule has 0 fully saturated rings. The van der Waals surface area contributed by atoms with Crippen molar-refractivity contribution < 1.29 is 4.74 Å². The van der Waals surface area contributed by atoms with Gasteiger partial charge in [-0.2, -0.15) is 0 Å². The maximum atomic E-state index is 5.61. The Morgan fingerprint density at radius 2 is 1.90 bits per heavy atom. The number of thiocarbonyl (C=S) groups is 1. The molecule has 0 aliphatic rings. The highest BCUT2D eigenvalue weighted by molar-refractivity contribution is 7.80. The zero-order valence-electron chi connectivity index (χ0n) is 12.4. The minimum atomic E-state index is 0.504. The standard InChI is InChI=1S/C15H20N4OS/c1-11-15(18-13-6-4-3-5-12(13)17-11)19(9-10-20-2)8-7-14(16)21/h3-6H,7-10H2,1-2H3,(H2,16,21). The van der Waals surface area contributed by atoms with Crippen molar-refractivity contribution in [2.45, 2.75) is 13.3 Å². The van der Waals surface area contributed by atoms with E-state index in [1.807, 2.05) is 31.2 Å². The number of fused-ring (bicyclic) bond motifs is 1. The van der Waals surface area contributed by atoms with Crippen LogP contribution in [0.1, 0.15) is 12.1 Å². The Kier molecular flexibility index (Phi) is 5.41. The van der Waals surface area contributed by atoms with E-state index < -0.39 is 0 Å². The minimum Gasteiger partial charge on any atom is -0.393 e. The molecule has 2 N–H and O–H groups in total. The largest absolute Gasteiger partial charge is 0.393 e. The Morgan fingerprint density at radius 1 is 1.24 bits per heavy atom. The molecule has 5 nitrogen and oxygen atoms in total. The Morgan fingerprint density at radius 3 is 2.52 bits per heavy atom. The summed E-state index contributed by atoms with van der Waals surface area (Å²) in [7, 11) is 1.69. The number of methoxy groups -OCH3 is 1. The van der Waals surface area contributed by atoms with Crippen LogP contribution in [0, 0.1) is 6.92 Å². The molecular weight excluding hydrogens is 284 g/mol. The second kappa shape index (κ2) is 7.28. The van der Waals surface area contributed by atoms with Crippen LogP contribution in [-0.2, 0) is 4.74 Å². The molecule has 0 spiro atoms. The van der Waals surface area contributed by atoms with E-state index in [0.717, 1.165) is 29.1 Å². The molecule has 0 saturated heterocycles. The predicted molar refractivity (Wildman–Crippen MR) is 89.8 cm³/mol. The molecule has 0 radical (unpaired) electrons. The van der Waals surface area contributed by atoms with Gasteiger partial charge in [0, 0.05) is 26.6 Å². The van der Waals surface area contributed by atoms with Crippen LogP contribution in [0.2, 0.25) is 0 Å². The smallest absolute Gasteiger partial charge is 0.150 e. The predicted octanol–water partition coefficient (Wildman–Crippen LogP) is 2.07. The van der Waals surface area contributed by atoms with Gasteiger partial charge in [-0.1, -0.05) is 24.4 Å². The zero-order chi connectivity index (χ0) is 15.2.